The van der Waals surface area contributed by atoms with E-state index < -0.39 is 0 Å². The molecule has 2 aromatic rings. The molecule has 2 saturated heterocycles. The van der Waals surface area contributed by atoms with Gasteiger partial charge in [0.2, 0.25) is 11.5 Å². The third-order valence-corrected chi connectivity index (χ3v) is 6.47. The summed E-state index contributed by atoms with van der Waals surface area (Å²) in [5.41, 5.74) is 2.20. The van der Waals surface area contributed by atoms with Crippen LogP contribution < -0.4 is 5.56 Å². The first-order chi connectivity index (χ1) is 14.4. The normalized spacial score (nSPS) is 23.1. The largest absolute Gasteiger partial charge is 0.338 e. The lowest BCUT2D eigenvalue weighted by Gasteiger charge is -2.30. The quantitative estimate of drug-likeness (QED) is 0.846. The summed E-state index contributed by atoms with van der Waals surface area (Å²) in [5, 5.41) is 0. The summed E-state index contributed by atoms with van der Waals surface area (Å²) >= 11 is 0. The number of carbonyl (C=O) groups excluding carboxylic acids is 2. The van der Waals surface area contributed by atoms with Gasteiger partial charge < -0.3 is 14.8 Å². The number of rotatable bonds is 4. The van der Waals surface area contributed by atoms with Gasteiger partial charge in [-0.1, -0.05) is 51.1 Å². The first-order valence-corrected chi connectivity index (χ1v) is 10.8. The van der Waals surface area contributed by atoms with E-state index in [-0.39, 0.29) is 41.2 Å². The second-order valence-electron chi connectivity index (χ2n) is 8.69. The lowest BCUT2D eigenvalue weighted by Crippen LogP contribution is -2.37. The molecule has 4 rings (SSSR count). The van der Waals surface area contributed by atoms with Crippen LogP contribution in [-0.2, 0) is 4.79 Å². The Morgan fingerprint density at radius 3 is 2.47 bits per heavy atom. The van der Waals surface area contributed by atoms with Gasteiger partial charge in [0.15, 0.2) is 0 Å². The van der Waals surface area contributed by atoms with E-state index in [1.54, 1.807) is 6.07 Å². The highest BCUT2D eigenvalue weighted by molar-refractivity contribution is 5.95. The van der Waals surface area contributed by atoms with E-state index in [4.69, 9.17) is 0 Å². The highest BCUT2D eigenvalue weighted by Gasteiger charge is 2.49. The number of hydrogen-bond acceptors (Lipinski definition) is 3. The van der Waals surface area contributed by atoms with Crippen molar-refractivity contribution >= 4 is 11.8 Å². The first kappa shape index (κ1) is 20.4. The van der Waals surface area contributed by atoms with Crippen LogP contribution in [0.1, 0.15) is 60.8 Å². The van der Waals surface area contributed by atoms with Crippen molar-refractivity contribution in [3.63, 3.8) is 0 Å². The Labute approximate surface area is 176 Å². The monoisotopic (exact) mass is 407 g/mol. The molecule has 6 nitrogen and oxygen atoms in total. The smallest absolute Gasteiger partial charge is 0.255 e. The molecule has 3 atom stereocenters. The highest BCUT2D eigenvalue weighted by Crippen LogP contribution is 2.45. The fourth-order valence-electron chi connectivity index (χ4n) is 5.05. The van der Waals surface area contributed by atoms with Crippen LogP contribution in [0.4, 0.5) is 0 Å². The van der Waals surface area contributed by atoms with Crippen molar-refractivity contribution in [2.75, 3.05) is 19.6 Å². The zero-order valence-corrected chi connectivity index (χ0v) is 17.8. The molecule has 30 heavy (non-hydrogen) atoms. The molecule has 0 bridgehead atoms. The van der Waals surface area contributed by atoms with Gasteiger partial charge in [0, 0.05) is 49.7 Å². The summed E-state index contributed by atoms with van der Waals surface area (Å²) < 4.78 is 0. The predicted molar refractivity (Wildman–Crippen MR) is 115 cm³/mol. The third-order valence-electron chi connectivity index (χ3n) is 6.47. The number of likely N-dealkylation sites (tertiary alicyclic amines) is 2. The number of nitrogens with one attached hydrogen (secondary N) is 1. The lowest BCUT2D eigenvalue weighted by molar-refractivity contribution is -0.132. The van der Waals surface area contributed by atoms with Crippen molar-refractivity contribution < 1.29 is 9.59 Å². The van der Waals surface area contributed by atoms with Gasteiger partial charge in [0.25, 0.3) is 5.91 Å². The number of pyridine rings is 1. The summed E-state index contributed by atoms with van der Waals surface area (Å²) in [4.78, 5) is 44.5. The molecule has 2 amide bonds. The van der Waals surface area contributed by atoms with Crippen molar-refractivity contribution in [3.05, 3.63) is 69.6 Å². The molecule has 0 spiro atoms. The molecule has 2 aliphatic heterocycles. The minimum absolute atomic E-state index is 0.00148. The van der Waals surface area contributed by atoms with Crippen LogP contribution in [0.5, 0.6) is 0 Å². The Kier molecular flexibility index (Phi) is 5.50. The van der Waals surface area contributed by atoms with E-state index in [0.29, 0.717) is 37.3 Å². The van der Waals surface area contributed by atoms with Crippen molar-refractivity contribution in [1.29, 1.82) is 0 Å². The number of aromatic nitrogens is 1. The summed E-state index contributed by atoms with van der Waals surface area (Å²) in [7, 11) is 0. The average Bonchev–Trinajstić information content (AvgIpc) is 3.31. The molecule has 0 aliphatic carbocycles. The minimum Gasteiger partial charge on any atom is -0.338 e. The van der Waals surface area contributed by atoms with Crippen molar-refractivity contribution in [2.45, 2.75) is 39.2 Å². The van der Waals surface area contributed by atoms with Crippen molar-refractivity contribution in [3.8, 4) is 0 Å². The van der Waals surface area contributed by atoms with Crippen LogP contribution in [0, 0.1) is 11.8 Å². The Balaban J connectivity index is 1.62. The number of nitrogens with zero attached hydrogens (tertiary/aromatic N) is 2. The summed E-state index contributed by atoms with van der Waals surface area (Å²) in [6.45, 7) is 7.78. The number of benzene rings is 1. The van der Waals surface area contributed by atoms with E-state index in [9.17, 15) is 14.4 Å². The van der Waals surface area contributed by atoms with Gasteiger partial charge in [0.05, 0.1) is 11.6 Å². The van der Waals surface area contributed by atoms with Gasteiger partial charge in [-0.15, -0.1) is 0 Å². The molecule has 2 fully saturated rings. The van der Waals surface area contributed by atoms with E-state index in [1.807, 2.05) is 48.8 Å². The van der Waals surface area contributed by atoms with Crippen LogP contribution in [0.15, 0.2) is 47.3 Å². The van der Waals surface area contributed by atoms with Gasteiger partial charge in [-0.2, -0.15) is 0 Å². The van der Waals surface area contributed by atoms with Crippen LogP contribution in [0.3, 0.4) is 0 Å². The van der Waals surface area contributed by atoms with Crippen LogP contribution in [0.2, 0.25) is 0 Å². The maximum Gasteiger partial charge on any atom is 0.255 e. The van der Waals surface area contributed by atoms with Gasteiger partial charge >= 0.3 is 0 Å². The van der Waals surface area contributed by atoms with Crippen LogP contribution >= 0.6 is 0 Å². The standard InChI is InChI=1S/C24H29N3O3/c1-4-21(29)27-13-17-12-26(14-19(17)23(27)16-8-6-5-7-9-16)24(30)18-10-11-20(28)25-22(18)15(2)3/h5-11,15,17,19,23H,4,12-14H2,1-3H3,(H,25,28)/t17-,19-,23+/m0/s1. The van der Waals surface area contributed by atoms with E-state index in [1.165, 1.54) is 6.07 Å². The Morgan fingerprint density at radius 2 is 1.80 bits per heavy atom. The maximum atomic E-state index is 13.4. The second-order valence-corrected chi connectivity index (χ2v) is 8.69. The van der Waals surface area contributed by atoms with Gasteiger partial charge in [-0.05, 0) is 17.5 Å². The fraction of sp³-hybridized carbons (Fsp3) is 0.458. The summed E-state index contributed by atoms with van der Waals surface area (Å²) in [6, 6.07) is 13.2. The molecule has 1 aromatic carbocycles. The van der Waals surface area contributed by atoms with E-state index >= 15 is 0 Å². The number of H-pyrrole nitrogens is 1. The topological polar surface area (TPSA) is 73.5 Å². The molecule has 3 heterocycles. The highest BCUT2D eigenvalue weighted by atomic mass is 16.2. The predicted octanol–water partition coefficient (Wildman–Crippen LogP) is 3.18. The molecule has 0 radical (unpaired) electrons. The second kappa shape index (κ2) is 8.09. The number of hydrogen-bond donors (Lipinski definition) is 1. The Hall–Kier alpha value is -2.89. The first-order valence-electron chi connectivity index (χ1n) is 10.8. The Bertz CT molecular complexity index is 998. The minimum atomic E-state index is -0.189. The van der Waals surface area contributed by atoms with Gasteiger partial charge in [-0.25, -0.2) is 0 Å². The van der Waals surface area contributed by atoms with Crippen LogP contribution in [0.25, 0.3) is 0 Å². The van der Waals surface area contributed by atoms with Crippen LogP contribution in [-0.4, -0.2) is 46.2 Å². The molecule has 158 valence electrons. The summed E-state index contributed by atoms with van der Waals surface area (Å²) in [5.74, 6) is 0.662. The van der Waals surface area contributed by atoms with Crippen molar-refractivity contribution in [2.24, 2.45) is 11.8 Å². The fourth-order valence-corrected chi connectivity index (χ4v) is 5.05. The molecule has 6 heteroatoms. The van der Waals surface area contributed by atoms with Gasteiger partial charge in [-0.3, -0.25) is 14.4 Å². The Morgan fingerprint density at radius 1 is 1.07 bits per heavy atom. The van der Waals surface area contributed by atoms with E-state index in [2.05, 4.69) is 17.1 Å². The summed E-state index contributed by atoms with van der Waals surface area (Å²) in [6.07, 6.45) is 0.487. The average molecular weight is 408 g/mol. The number of aromatic amines is 1. The SMILES string of the molecule is CCC(=O)N1C[C@@H]2CN(C(=O)c3ccc(=O)[nH]c3C(C)C)C[C@@H]2[C@H]1c1ccccc1. The zero-order valence-electron chi connectivity index (χ0n) is 17.8. The van der Waals surface area contributed by atoms with Gasteiger partial charge in [0.1, 0.15) is 0 Å². The molecule has 1 N–H and O–H groups in total. The van der Waals surface area contributed by atoms with E-state index in [0.717, 1.165) is 5.56 Å². The molecular formula is C24H29N3O3. The molecule has 0 saturated carbocycles. The number of fused-ring (bicyclic) bond motifs is 1. The lowest BCUT2D eigenvalue weighted by atomic mass is 9.89. The molecule has 0 unspecified atom stereocenters. The third kappa shape index (κ3) is 3.55. The maximum absolute atomic E-state index is 13.4. The zero-order chi connectivity index (χ0) is 21.4. The molecule has 1 aromatic heterocycles. The molecule has 2 aliphatic rings. The molecular weight excluding hydrogens is 378 g/mol. The number of carbonyl (C=O) groups is 2. The van der Waals surface area contributed by atoms with Crippen molar-refractivity contribution in [1.82, 2.24) is 14.8 Å². The number of amides is 2.